The van der Waals surface area contributed by atoms with Gasteiger partial charge in [-0.3, -0.25) is 0 Å². The molecule has 0 spiro atoms. The Kier molecular flexibility index (Phi) is 7.05. The van der Waals surface area contributed by atoms with Gasteiger partial charge in [0.2, 0.25) is 0 Å². The highest BCUT2D eigenvalue weighted by molar-refractivity contribution is 7.49. The molecule has 0 aliphatic heterocycles. The van der Waals surface area contributed by atoms with Crippen molar-refractivity contribution in [2.75, 3.05) is 0 Å². The van der Waals surface area contributed by atoms with E-state index in [0.717, 1.165) is 41.2 Å². The van der Waals surface area contributed by atoms with Gasteiger partial charge in [0.15, 0.2) is 0 Å². The van der Waals surface area contributed by atoms with Gasteiger partial charge in [0.05, 0.1) is 0 Å². The summed E-state index contributed by atoms with van der Waals surface area (Å²) in [6.07, 6.45) is 3.26. The van der Waals surface area contributed by atoms with E-state index < -0.39 is 7.82 Å². The molecule has 170 valence electrons. The van der Waals surface area contributed by atoms with Crippen LogP contribution in [0.25, 0.3) is 10.8 Å². The molecule has 0 fully saturated rings. The zero-order chi connectivity index (χ0) is 23.3. The normalized spacial score (nSPS) is 12.8. The van der Waals surface area contributed by atoms with Crippen LogP contribution in [0.15, 0.2) is 84.9 Å². The highest BCUT2D eigenvalue weighted by Crippen LogP contribution is 2.51. The first-order valence-electron chi connectivity index (χ1n) is 11.3. The molecule has 5 heteroatoms. The quantitative estimate of drug-likeness (QED) is 0.235. The van der Waals surface area contributed by atoms with Crippen LogP contribution in [-0.2, 0) is 11.0 Å². The average molecular weight is 461 g/mol. The minimum absolute atomic E-state index is 0.434. The van der Waals surface area contributed by atoms with Crippen LogP contribution in [0.1, 0.15) is 36.5 Å². The number of aryl methyl sites for hydroxylation is 3. The van der Waals surface area contributed by atoms with Crippen molar-refractivity contribution in [3.8, 4) is 17.2 Å². The lowest BCUT2D eigenvalue weighted by molar-refractivity contribution is 0.299. The van der Waals surface area contributed by atoms with E-state index in [9.17, 15) is 4.57 Å². The molecule has 0 saturated heterocycles. The first-order valence-corrected chi connectivity index (χ1v) is 12.7. The highest BCUT2D eigenvalue weighted by Gasteiger charge is 2.34. The largest absolute Gasteiger partial charge is 0.647 e. The molecule has 0 aromatic heterocycles. The van der Waals surface area contributed by atoms with Gasteiger partial charge in [-0.05, 0) is 67.5 Å². The van der Waals surface area contributed by atoms with Crippen molar-refractivity contribution in [2.24, 2.45) is 0 Å². The second kappa shape index (κ2) is 10.1. The summed E-state index contributed by atoms with van der Waals surface area (Å²) in [6.45, 7) is 6.08. The van der Waals surface area contributed by atoms with Crippen LogP contribution in [0.4, 0.5) is 0 Å². The Morgan fingerprint density at radius 2 is 1.48 bits per heavy atom. The third-order valence-corrected chi connectivity index (χ3v) is 6.73. The van der Waals surface area contributed by atoms with Gasteiger partial charge in [-0.25, -0.2) is 0 Å². The van der Waals surface area contributed by atoms with Gasteiger partial charge in [0, 0.05) is 5.39 Å². The average Bonchev–Trinajstić information content (AvgIpc) is 2.81. The number of hydrogen-bond acceptors (Lipinski definition) is 4. The van der Waals surface area contributed by atoms with E-state index in [1.807, 2.05) is 86.6 Å². The van der Waals surface area contributed by atoms with Crippen LogP contribution < -0.4 is 13.6 Å². The van der Waals surface area contributed by atoms with Gasteiger partial charge < -0.3 is 13.6 Å². The fourth-order valence-electron chi connectivity index (χ4n) is 3.70. The summed E-state index contributed by atoms with van der Waals surface area (Å²) in [5, 5.41) is 1.82. The van der Waals surface area contributed by atoms with E-state index in [4.69, 9.17) is 13.6 Å². The van der Waals surface area contributed by atoms with Crippen molar-refractivity contribution in [2.45, 2.75) is 40.0 Å². The second-order valence-corrected chi connectivity index (χ2v) is 9.66. The number of unbranched alkanes of at least 4 members (excludes halogenated alkanes) is 1. The van der Waals surface area contributed by atoms with Crippen LogP contribution in [0.2, 0.25) is 0 Å². The zero-order valence-corrected chi connectivity index (χ0v) is 20.2. The van der Waals surface area contributed by atoms with Crippen molar-refractivity contribution in [1.29, 1.82) is 0 Å². The molecule has 0 radical (unpaired) electrons. The Labute approximate surface area is 195 Å². The van der Waals surface area contributed by atoms with Crippen molar-refractivity contribution in [3.63, 3.8) is 0 Å². The fourth-order valence-corrected chi connectivity index (χ4v) is 5.04. The number of fused-ring (bicyclic) bond motifs is 1. The Hall–Kier alpha value is -3.23. The molecule has 0 saturated carbocycles. The first kappa shape index (κ1) is 22.9. The number of benzene rings is 4. The smallest absolute Gasteiger partial charge is 0.386 e. The summed E-state index contributed by atoms with van der Waals surface area (Å²) >= 11 is 0. The third kappa shape index (κ3) is 5.77. The second-order valence-electron chi connectivity index (χ2n) is 8.21. The molecule has 0 bridgehead atoms. The van der Waals surface area contributed by atoms with Gasteiger partial charge >= 0.3 is 7.82 Å². The molecule has 4 nitrogen and oxygen atoms in total. The molecular formula is C28H29O4P. The molecule has 0 N–H and O–H groups in total. The number of rotatable bonds is 9. The number of hydrogen-bond donors (Lipinski definition) is 0. The molecule has 0 aliphatic rings. The Balaban J connectivity index is 1.67. The van der Waals surface area contributed by atoms with Crippen LogP contribution in [0.3, 0.4) is 0 Å². The topological polar surface area (TPSA) is 44.8 Å². The molecule has 33 heavy (non-hydrogen) atoms. The molecular weight excluding hydrogens is 431 g/mol. The van der Waals surface area contributed by atoms with E-state index in [-0.39, 0.29) is 0 Å². The van der Waals surface area contributed by atoms with Crippen molar-refractivity contribution >= 4 is 18.6 Å². The molecule has 4 aromatic rings. The maximum Gasteiger partial charge on any atom is 0.647 e. The van der Waals surface area contributed by atoms with E-state index >= 15 is 0 Å². The molecule has 4 rings (SSSR count). The van der Waals surface area contributed by atoms with Crippen LogP contribution in [0, 0.1) is 13.8 Å². The highest BCUT2D eigenvalue weighted by atomic mass is 31.2. The lowest BCUT2D eigenvalue weighted by Crippen LogP contribution is -2.08. The van der Waals surface area contributed by atoms with Gasteiger partial charge in [-0.2, -0.15) is 4.57 Å². The Morgan fingerprint density at radius 1 is 0.758 bits per heavy atom. The van der Waals surface area contributed by atoms with Gasteiger partial charge in [-0.15, -0.1) is 0 Å². The third-order valence-electron chi connectivity index (χ3n) is 5.46. The molecule has 0 heterocycles. The molecule has 1 unspecified atom stereocenters. The molecule has 4 aromatic carbocycles. The summed E-state index contributed by atoms with van der Waals surface area (Å²) in [7, 11) is -4.07. The number of phosphoric ester groups is 1. The molecule has 0 aliphatic carbocycles. The molecule has 1 atom stereocenters. The monoisotopic (exact) mass is 460 g/mol. The maximum absolute atomic E-state index is 14.0. The van der Waals surface area contributed by atoms with Gasteiger partial charge in [0.25, 0.3) is 0 Å². The molecule has 0 amide bonds. The van der Waals surface area contributed by atoms with E-state index in [1.54, 1.807) is 12.1 Å². The van der Waals surface area contributed by atoms with E-state index in [0.29, 0.717) is 17.2 Å². The Bertz CT molecular complexity index is 1280. The van der Waals surface area contributed by atoms with Crippen LogP contribution in [-0.4, -0.2) is 0 Å². The zero-order valence-electron chi connectivity index (χ0n) is 19.3. The SMILES string of the molecule is CCCCc1ccc(OP(=O)(Oc2ccc(C)cc2C)Oc2cccc3ccccc23)cc1. The fraction of sp³-hybridized carbons (Fsp3) is 0.214. The minimum Gasteiger partial charge on any atom is -0.386 e. The maximum atomic E-state index is 14.0. The lowest BCUT2D eigenvalue weighted by atomic mass is 10.1. The predicted molar refractivity (Wildman–Crippen MR) is 134 cm³/mol. The lowest BCUT2D eigenvalue weighted by Gasteiger charge is -2.21. The first-order chi connectivity index (χ1) is 16.0. The van der Waals surface area contributed by atoms with Crippen LogP contribution >= 0.6 is 7.82 Å². The summed E-state index contributed by atoms with van der Waals surface area (Å²) in [6, 6.07) is 26.7. The Morgan fingerprint density at radius 3 is 2.24 bits per heavy atom. The van der Waals surface area contributed by atoms with E-state index in [2.05, 4.69) is 6.92 Å². The standard InChI is InChI=1S/C28H29O4P/c1-4-5-9-23-15-17-25(18-16-23)30-33(29,31-27-19-14-21(2)20-22(27)3)32-28-13-8-11-24-10-6-7-12-26(24)28/h6-8,10-20H,4-5,9H2,1-3H3. The summed E-state index contributed by atoms with van der Waals surface area (Å²) in [5.41, 5.74) is 3.16. The minimum atomic E-state index is -4.07. The van der Waals surface area contributed by atoms with Gasteiger partial charge in [0.1, 0.15) is 17.2 Å². The van der Waals surface area contributed by atoms with Crippen molar-refractivity contribution in [1.82, 2.24) is 0 Å². The van der Waals surface area contributed by atoms with Crippen LogP contribution in [0.5, 0.6) is 17.2 Å². The summed E-state index contributed by atoms with van der Waals surface area (Å²) in [5.74, 6) is 1.34. The predicted octanol–water partition coefficient (Wildman–Crippen LogP) is 8.44. The van der Waals surface area contributed by atoms with Gasteiger partial charge in [-0.1, -0.05) is 79.6 Å². The number of phosphoric acid groups is 1. The van der Waals surface area contributed by atoms with Crippen molar-refractivity contribution in [3.05, 3.63) is 102 Å². The summed E-state index contributed by atoms with van der Waals surface area (Å²) in [4.78, 5) is 0. The summed E-state index contributed by atoms with van der Waals surface area (Å²) < 4.78 is 31.9. The van der Waals surface area contributed by atoms with Crippen molar-refractivity contribution < 1.29 is 18.1 Å². The van der Waals surface area contributed by atoms with E-state index in [1.165, 1.54) is 5.56 Å².